The van der Waals surface area contributed by atoms with Gasteiger partial charge in [0.25, 0.3) is 0 Å². The van der Waals surface area contributed by atoms with E-state index >= 15 is 0 Å². The fraction of sp³-hybridized carbons (Fsp3) is 1.00. The zero-order chi connectivity index (χ0) is 13.6. The summed E-state index contributed by atoms with van der Waals surface area (Å²) in [6.07, 6.45) is -6.72. The number of phosphoric ester groups is 1. The van der Waals surface area contributed by atoms with Crippen LogP contribution in [0.5, 0.6) is 0 Å². The van der Waals surface area contributed by atoms with Gasteiger partial charge in [-0.05, 0) is 7.05 Å². The lowest BCUT2D eigenvalue weighted by atomic mass is 10.0. The van der Waals surface area contributed by atoms with Crippen molar-refractivity contribution in [1.29, 1.82) is 0 Å². The van der Waals surface area contributed by atoms with Crippen molar-refractivity contribution in [3.05, 3.63) is 0 Å². The van der Waals surface area contributed by atoms with Gasteiger partial charge in [0, 0.05) is 6.54 Å². The first-order valence-electron chi connectivity index (χ1n) is 4.76. The largest absolute Gasteiger partial charge is 0.470 e. The molecular weight excluding hydrogens is 257 g/mol. The topological polar surface area (TPSA) is 160 Å². The maximum absolute atomic E-state index is 10.6. The van der Waals surface area contributed by atoms with Crippen LogP contribution in [0.2, 0.25) is 0 Å². The van der Waals surface area contributed by atoms with Gasteiger partial charge in [-0.2, -0.15) is 0 Å². The van der Waals surface area contributed by atoms with Crippen molar-refractivity contribution in [2.45, 2.75) is 24.4 Å². The molecule has 0 saturated heterocycles. The van der Waals surface area contributed by atoms with Crippen LogP contribution >= 0.6 is 7.82 Å². The Bertz CT molecular complexity index is 258. The summed E-state index contributed by atoms with van der Waals surface area (Å²) in [7, 11) is -3.48. The summed E-state index contributed by atoms with van der Waals surface area (Å²) in [4.78, 5) is 17.2. The van der Waals surface area contributed by atoms with Crippen LogP contribution in [0.3, 0.4) is 0 Å². The van der Waals surface area contributed by atoms with Crippen LogP contribution in [-0.4, -0.2) is 74.8 Å². The molecule has 0 bridgehead atoms. The van der Waals surface area contributed by atoms with Crippen LogP contribution < -0.4 is 5.32 Å². The van der Waals surface area contributed by atoms with Gasteiger partial charge in [0.1, 0.15) is 18.3 Å². The van der Waals surface area contributed by atoms with Crippen LogP contribution in [0, 0.1) is 0 Å². The number of likely N-dealkylation sites (N-methyl/N-ethyl adjacent to an activating group) is 1. The standard InChI is InChI=1S/C7H18NO8P/c1-8-2-4(10)6(12)7(5(11)3-9)16-17(13,14)15/h4-12H,2-3H2,1H3,(H2,13,14,15)/t4-,5+,6+,7+/m0/s1. The van der Waals surface area contributed by atoms with Crippen molar-refractivity contribution in [3.8, 4) is 0 Å². The molecule has 0 fully saturated rings. The van der Waals surface area contributed by atoms with E-state index in [4.69, 9.17) is 14.9 Å². The molecule has 0 aliphatic rings. The summed E-state index contributed by atoms with van der Waals surface area (Å²) in [5.41, 5.74) is 0. The molecule has 7 N–H and O–H groups in total. The number of aliphatic hydroxyl groups is 4. The second-order valence-electron chi connectivity index (χ2n) is 3.43. The van der Waals surface area contributed by atoms with E-state index in [1.54, 1.807) is 0 Å². The minimum atomic E-state index is -4.96. The highest BCUT2D eigenvalue weighted by atomic mass is 31.2. The Labute approximate surface area is 97.9 Å². The van der Waals surface area contributed by atoms with Crippen molar-refractivity contribution in [3.63, 3.8) is 0 Å². The molecule has 0 radical (unpaired) electrons. The minimum absolute atomic E-state index is 0.0830. The van der Waals surface area contributed by atoms with Crippen LogP contribution in [0.4, 0.5) is 0 Å². The van der Waals surface area contributed by atoms with E-state index in [1.165, 1.54) is 7.05 Å². The summed E-state index contributed by atoms with van der Waals surface area (Å²) in [6.45, 7) is -0.964. The summed E-state index contributed by atoms with van der Waals surface area (Å²) in [5.74, 6) is 0. The molecule has 0 rings (SSSR count). The van der Waals surface area contributed by atoms with Gasteiger partial charge in [0.05, 0.1) is 12.7 Å². The predicted molar refractivity (Wildman–Crippen MR) is 56.0 cm³/mol. The summed E-state index contributed by atoms with van der Waals surface area (Å²) in [5, 5.41) is 39.4. The van der Waals surface area contributed by atoms with Crippen LogP contribution in [-0.2, 0) is 9.09 Å². The van der Waals surface area contributed by atoms with Gasteiger partial charge in [-0.15, -0.1) is 0 Å². The van der Waals surface area contributed by atoms with Crippen LogP contribution in [0.15, 0.2) is 0 Å². The number of phosphoric acid groups is 1. The molecule has 0 aliphatic carbocycles. The molecule has 0 aromatic carbocycles. The molecule has 10 heteroatoms. The molecule has 0 aromatic rings. The summed E-state index contributed by atoms with van der Waals surface area (Å²) in [6, 6.07) is 0. The average Bonchev–Trinajstić information content (AvgIpc) is 2.23. The SMILES string of the molecule is CNC[C@H](O)[C@@H](O)[C@H](OP(=O)(O)O)[C@H](O)CO. The number of rotatable bonds is 8. The molecule has 4 atom stereocenters. The van der Waals surface area contributed by atoms with Gasteiger partial charge in [-0.3, -0.25) is 4.52 Å². The van der Waals surface area contributed by atoms with Crippen molar-refractivity contribution >= 4 is 7.82 Å². The first-order valence-corrected chi connectivity index (χ1v) is 6.29. The van der Waals surface area contributed by atoms with E-state index in [1.807, 2.05) is 0 Å². The van der Waals surface area contributed by atoms with Crippen molar-refractivity contribution < 1.29 is 39.3 Å². The fourth-order valence-electron chi connectivity index (χ4n) is 1.17. The first kappa shape index (κ1) is 16.9. The Morgan fingerprint density at radius 2 is 1.76 bits per heavy atom. The van der Waals surface area contributed by atoms with Crippen LogP contribution in [0.1, 0.15) is 0 Å². The third kappa shape index (κ3) is 6.41. The molecule has 0 unspecified atom stereocenters. The van der Waals surface area contributed by atoms with E-state index in [9.17, 15) is 19.9 Å². The van der Waals surface area contributed by atoms with Crippen molar-refractivity contribution in [2.75, 3.05) is 20.2 Å². The van der Waals surface area contributed by atoms with E-state index in [0.29, 0.717) is 0 Å². The van der Waals surface area contributed by atoms with E-state index in [2.05, 4.69) is 9.84 Å². The Balaban J connectivity index is 4.73. The quantitative estimate of drug-likeness (QED) is 0.226. The van der Waals surface area contributed by atoms with E-state index in [0.717, 1.165) is 0 Å². The number of hydrogen-bond donors (Lipinski definition) is 7. The molecular formula is C7H18NO8P. The van der Waals surface area contributed by atoms with Gasteiger partial charge in [0.15, 0.2) is 0 Å². The molecule has 0 spiro atoms. The van der Waals surface area contributed by atoms with E-state index in [-0.39, 0.29) is 6.54 Å². The second kappa shape index (κ2) is 7.37. The Kier molecular flexibility index (Phi) is 7.33. The predicted octanol–water partition coefficient (Wildman–Crippen LogP) is -3.24. The highest BCUT2D eigenvalue weighted by molar-refractivity contribution is 7.46. The zero-order valence-electron chi connectivity index (χ0n) is 9.17. The second-order valence-corrected chi connectivity index (χ2v) is 4.62. The maximum Gasteiger partial charge on any atom is 0.470 e. The highest BCUT2D eigenvalue weighted by Gasteiger charge is 2.37. The Morgan fingerprint density at radius 1 is 1.24 bits per heavy atom. The molecule has 0 amide bonds. The normalized spacial score (nSPS) is 19.7. The average molecular weight is 275 g/mol. The number of nitrogens with one attached hydrogen (secondary N) is 1. The fourth-order valence-corrected chi connectivity index (χ4v) is 1.75. The van der Waals surface area contributed by atoms with Gasteiger partial charge >= 0.3 is 7.82 Å². The lowest BCUT2D eigenvalue weighted by molar-refractivity contribution is -0.109. The monoisotopic (exact) mass is 275 g/mol. The summed E-state index contributed by atoms with van der Waals surface area (Å²) >= 11 is 0. The molecule has 0 heterocycles. The third-order valence-corrected chi connectivity index (χ3v) is 2.49. The van der Waals surface area contributed by atoms with Crippen molar-refractivity contribution in [1.82, 2.24) is 5.32 Å². The van der Waals surface area contributed by atoms with E-state index < -0.39 is 38.8 Å². The van der Waals surface area contributed by atoms with Gasteiger partial charge in [0.2, 0.25) is 0 Å². The molecule has 0 aromatic heterocycles. The molecule has 0 saturated carbocycles. The Morgan fingerprint density at radius 3 is 2.12 bits per heavy atom. The Hall–Kier alpha value is -0.0900. The van der Waals surface area contributed by atoms with Gasteiger partial charge in [-0.1, -0.05) is 0 Å². The zero-order valence-corrected chi connectivity index (χ0v) is 10.1. The highest BCUT2D eigenvalue weighted by Crippen LogP contribution is 2.39. The third-order valence-electron chi connectivity index (χ3n) is 1.97. The maximum atomic E-state index is 10.6. The summed E-state index contributed by atoms with van der Waals surface area (Å²) < 4.78 is 14.8. The smallest absolute Gasteiger partial charge is 0.394 e. The number of hydrogen-bond acceptors (Lipinski definition) is 7. The molecule has 17 heavy (non-hydrogen) atoms. The van der Waals surface area contributed by atoms with Gasteiger partial charge in [-0.25, -0.2) is 4.57 Å². The lowest BCUT2D eigenvalue weighted by Gasteiger charge is -2.29. The number of aliphatic hydroxyl groups excluding tert-OH is 4. The molecule has 9 nitrogen and oxygen atoms in total. The van der Waals surface area contributed by atoms with Crippen LogP contribution in [0.25, 0.3) is 0 Å². The van der Waals surface area contributed by atoms with Gasteiger partial charge < -0.3 is 35.5 Å². The lowest BCUT2D eigenvalue weighted by Crippen LogP contribution is -2.49. The minimum Gasteiger partial charge on any atom is -0.394 e. The van der Waals surface area contributed by atoms with Crippen molar-refractivity contribution in [2.24, 2.45) is 0 Å². The molecule has 104 valence electrons. The molecule has 0 aliphatic heterocycles. The first-order chi connectivity index (χ1) is 7.72.